The quantitative estimate of drug-likeness (QED) is 0.683. The lowest BCUT2D eigenvalue weighted by molar-refractivity contribution is 0.189. The van der Waals surface area contributed by atoms with Gasteiger partial charge in [-0.25, -0.2) is 0 Å². The molecule has 0 aliphatic heterocycles. The largest absolute Gasteiger partial charge is 0.508 e. The fourth-order valence-corrected chi connectivity index (χ4v) is 1.65. The van der Waals surface area contributed by atoms with E-state index in [0.29, 0.717) is 13.1 Å². The number of hydrogen-bond donors (Lipinski definition) is 3. The highest BCUT2D eigenvalue weighted by Gasteiger charge is 2.08. The molecule has 0 unspecified atom stereocenters. The SMILES string of the molecule is CCCN(CCO)Cc1ccc(O)cc1O. The van der Waals surface area contributed by atoms with Crippen molar-refractivity contribution in [2.75, 3.05) is 19.7 Å². The first-order valence-corrected chi connectivity index (χ1v) is 5.51. The molecule has 0 aliphatic rings. The highest BCUT2D eigenvalue weighted by atomic mass is 16.3. The molecule has 1 aromatic carbocycles. The standard InChI is InChI=1S/C12H19NO3/c1-2-5-13(6-7-14)9-10-3-4-11(15)8-12(10)16/h3-4,8,14-16H,2,5-7,9H2,1H3. The van der Waals surface area contributed by atoms with Gasteiger partial charge in [0.1, 0.15) is 11.5 Å². The van der Waals surface area contributed by atoms with Crippen molar-refractivity contribution in [3.8, 4) is 11.5 Å². The Morgan fingerprint density at radius 3 is 2.50 bits per heavy atom. The Bertz CT molecular complexity index is 322. The Hall–Kier alpha value is -1.26. The van der Waals surface area contributed by atoms with Gasteiger partial charge in [0.25, 0.3) is 0 Å². The fourth-order valence-electron chi connectivity index (χ4n) is 1.65. The predicted octanol–water partition coefficient (Wildman–Crippen LogP) is 1.30. The number of rotatable bonds is 6. The van der Waals surface area contributed by atoms with E-state index in [1.807, 2.05) is 0 Å². The molecule has 0 fully saturated rings. The van der Waals surface area contributed by atoms with E-state index >= 15 is 0 Å². The van der Waals surface area contributed by atoms with Crippen LogP contribution in [-0.4, -0.2) is 39.9 Å². The molecule has 0 aromatic heterocycles. The number of aliphatic hydroxyl groups is 1. The van der Waals surface area contributed by atoms with Crippen molar-refractivity contribution in [2.24, 2.45) is 0 Å². The normalized spacial score (nSPS) is 10.9. The number of phenolic OH excluding ortho intramolecular Hbond substituents is 2. The molecule has 0 radical (unpaired) electrons. The summed E-state index contributed by atoms with van der Waals surface area (Å²) in [5, 5.41) is 27.7. The lowest BCUT2D eigenvalue weighted by atomic mass is 10.1. The highest BCUT2D eigenvalue weighted by molar-refractivity contribution is 5.38. The van der Waals surface area contributed by atoms with E-state index in [9.17, 15) is 5.11 Å². The van der Waals surface area contributed by atoms with Crippen LogP contribution in [0.1, 0.15) is 18.9 Å². The van der Waals surface area contributed by atoms with E-state index in [-0.39, 0.29) is 18.1 Å². The fraction of sp³-hybridized carbons (Fsp3) is 0.500. The summed E-state index contributed by atoms with van der Waals surface area (Å²) < 4.78 is 0. The molecule has 4 nitrogen and oxygen atoms in total. The van der Waals surface area contributed by atoms with Crippen LogP contribution in [0.2, 0.25) is 0 Å². The summed E-state index contributed by atoms with van der Waals surface area (Å²) in [5.41, 5.74) is 0.764. The summed E-state index contributed by atoms with van der Waals surface area (Å²) in [6.07, 6.45) is 0.999. The molecule has 0 atom stereocenters. The van der Waals surface area contributed by atoms with Gasteiger partial charge in [-0.1, -0.05) is 13.0 Å². The second kappa shape index (κ2) is 6.35. The van der Waals surface area contributed by atoms with Gasteiger partial charge < -0.3 is 15.3 Å². The predicted molar refractivity (Wildman–Crippen MR) is 62.4 cm³/mol. The highest BCUT2D eigenvalue weighted by Crippen LogP contribution is 2.23. The van der Waals surface area contributed by atoms with Crippen LogP contribution in [0.3, 0.4) is 0 Å². The molecule has 0 amide bonds. The van der Waals surface area contributed by atoms with Gasteiger partial charge in [-0.2, -0.15) is 0 Å². The maximum atomic E-state index is 9.63. The van der Waals surface area contributed by atoms with Gasteiger partial charge >= 0.3 is 0 Å². The number of benzene rings is 1. The third-order valence-electron chi connectivity index (χ3n) is 2.42. The molecule has 4 heteroatoms. The van der Waals surface area contributed by atoms with Crippen molar-refractivity contribution < 1.29 is 15.3 Å². The van der Waals surface area contributed by atoms with Crippen LogP contribution < -0.4 is 0 Å². The zero-order valence-corrected chi connectivity index (χ0v) is 9.56. The van der Waals surface area contributed by atoms with E-state index in [0.717, 1.165) is 18.5 Å². The van der Waals surface area contributed by atoms with E-state index in [1.165, 1.54) is 6.07 Å². The number of phenols is 2. The van der Waals surface area contributed by atoms with Crippen molar-refractivity contribution in [1.82, 2.24) is 4.90 Å². The van der Waals surface area contributed by atoms with Crippen LogP contribution in [0.4, 0.5) is 0 Å². The minimum atomic E-state index is 0.0606. The molecule has 1 aromatic rings. The second-order valence-corrected chi connectivity index (χ2v) is 3.81. The molecule has 0 bridgehead atoms. The van der Waals surface area contributed by atoms with E-state index in [4.69, 9.17) is 10.2 Å². The smallest absolute Gasteiger partial charge is 0.123 e. The Morgan fingerprint density at radius 2 is 1.94 bits per heavy atom. The summed E-state index contributed by atoms with van der Waals surface area (Å²) in [7, 11) is 0. The van der Waals surface area contributed by atoms with Crippen LogP contribution in [0.15, 0.2) is 18.2 Å². The maximum absolute atomic E-state index is 9.63. The van der Waals surface area contributed by atoms with Gasteiger partial charge in [-0.15, -0.1) is 0 Å². The average molecular weight is 225 g/mol. The number of aromatic hydroxyl groups is 2. The summed E-state index contributed by atoms with van der Waals surface area (Å²) in [5.74, 6) is 0.157. The first-order chi connectivity index (χ1) is 7.67. The number of nitrogens with zero attached hydrogens (tertiary/aromatic N) is 1. The van der Waals surface area contributed by atoms with Crippen LogP contribution >= 0.6 is 0 Å². The Morgan fingerprint density at radius 1 is 1.19 bits per heavy atom. The Kier molecular flexibility index (Phi) is 5.08. The monoisotopic (exact) mass is 225 g/mol. The zero-order chi connectivity index (χ0) is 12.0. The third kappa shape index (κ3) is 3.72. The van der Waals surface area contributed by atoms with Gasteiger partial charge in [-0.05, 0) is 19.0 Å². The lowest BCUT2D eigenvalue weighted by Crippen LogP contribution is -2.27. The van der Waals surface area contributed by atoms with Crippen LogP contribution in [0.25, 0.3) is 0 Å². The van der Waals surface area contributed by atoms with Gasteiger partial charge in [0.15, 0.2) is 0 Å². The second-order valence-electron chi connectivity index (χ2n) is 3.81. The number of hydrogen-bond acceptors (Lipinski definition) is 4. The van der Waals surface area contributed by atoms with Crippen molar-refractivity contribution in [2.45, 2.75) is 19.9 Å². The van der Waals surface area contributed by atoms with Crippen molar-refractivity contribution in [3.63, 3.8) is 0 Å². The molecular weight excluding hydrogens is 206 g/mol. The van der Waals surface area contributed by atoms with Crippen molar-refractivity contribution in [3.05, 3.63) is 23.8 Å². The minimum absolute atomic E-state index is 0.0606. The van der Waals surface area contributed by atoms with Gasteiger partial charge in [0.2, 0.25) is 0 Å². The minimum Gasteiger partial charge on any atom is -0.508 e. The van der Waals surface area contributed by atoms with Crippen LogP contribution in [0.5, 0.6) is 11.5 Å². The molecule has 1 rings (SSSR count). The average Bonchev–Trinajstić information content (AvgIpc) is 2.23. The molecule has 0 aliphatic carbocycles. The van der Waals surface area contributed by atoms with Crippen LogP contribution in [-0.2, 0) is 6.54 Å². The molecular formula is C12H19NO3. The summed E-state index contributed by atoms with van der Waals surface area (Å²) in [6.45, 7) is 4.23. The van der Waals surface area contributed by atoms with Gasteiger partial charge in [0.05, 0.1) is 6.61 Å². The molecule has 0 saturated heterocycles. The molecule has 0 heterocycles. The van der Waals surface area contributed by atoms with Crippen LogP contribution in [0, 0.1) is 0 Å². The van der Waals surface area contributed by atoms with E-state index in [1.54, 1.807) is 12.1 Å². The first kappa shape index (κ1) is 12.8. The van der Waals surface area contributed by atoms with Crippen molar-refractivity contribution in [1.29, 1.82) is 0 Å². The van der Waals surface area contributed by atoms with Gasteiger partial charge in [0, 0.05) is 24.7 Å². The summed E-state index contributed by atoms with van der Waals surface area (Å²) >= 11 is 0. The van der Waals surface area contributed by atoms with E-state index < -0.39 is 0 Å². The topological polar surface area (TPSA) is 63.9 Å². The van der Waals surface area contributed by atoms with Gasteiger partial charge in [-0.3, -0.25) is 4.90 Å². The number of aliphatic hydroxyl groups excluding tert-OH is 1. The molecule has 0 spiro atoms. The first-order valence-electron chi connectivity index (χ1n) is 5.51. The van der Waals surface area contributed by atoms with Crippen molar-refractivity contribution >= 4 is 0 Å². The Balaban J connectivity index is 2.68. The lowest BCUT2D eigenvalue weighted by Gasteiger charge is -2.21. The molecule has 0 saturated carbocycles. The maximum Gasteiger partial charge on any atom is 0.123 e. The Labute approximate surface area is 95.8 Å². The summed E-state index contributed by atoms with van der Waals surface area (Å²) in [4.78, 5) is 2.06. The molecule has 90 valence electrons. The third-order valence-corrected chi connectivity index (χ3v) is 2.42. The summed E-state index contributed by atoms with van der Waals surface area (Å²) in [6, 6.07) is 4.58. The zero-order valence-electron chi connectivity index (χ0n) is 9.56. The molecule has 16 heavy (non-hydrogen) atoms. The van der Waals surface area contributed by atoms with E-state index in [2.05, 4.69) is 11.8 Å². The molecule has 3 N–H and O–H groups in total.